The second kappa shape index (κ2) is 5.85. The summed E-state index contributed by atoms with van der Waals surface area (Å²) in [7, 11) is 1.94. The SMILES string of the molecule is CNC(C)c1cc(C)ccc1OCc1noc(C2CC2)n1. The summed E-state index contributed by atoms with van der Waals surface area (Å²) in [5.41, 5.74) is 2.36. The quantitative estimate of drug-likeness (QED) is 0.884. The average Bonchev–Trinajstić information content (AvgIpc) is 3.24. The Balaban J connectivity index is 1.71. The molecule has 5 nitrogen and oxygen atoms in total. The van der Waals surface area contributed by atoms with E-state index in [0.717, 1.165) is 30.0 Å². The Labute approximate surface area is 124 Å². The number of aryl methyl sites for hydroxylation is 1. The van der Waals surface area contributed by atoms with E-state index in [9.17, 15) is 0 Å². The lowest BCUT2D eigenvalue weighted by Crippen LogP contribution is -2.14. The van der Waals surface area contributed by atoms with Crippen molar-refractivity contribution >= 4 is 0 Å². The van der Waals surface area contributed by atoms with Gasteiger partial charge in [0.2, 0.25) is 11.7 Å². The van der Waals surface area contributed by atoms with Gasteiger partial charge in [-0.15, -0.1) is 0 Å². The highest BCUT2D eigenvalue weighted by Crippen LogP contribution is 2.38. The summed E-state index contributed by atoms with van der Waals surface area (Å²) in [5.74, 6) is 2.70. The molecule has 1 N–H and O–H groups in total. The molecule has 1 aromatic carbocycles. The number of ether oxygens (including phenoxy) is 1. The van der Waals surface area contributed by atoms with Crippen LogP contribution in [0, 0.1) is 6.92 Å². The number of benzene rings is 1. The standard InChI is InChI=1S/C16H21N3O2/c1-10-4-7-14(13(8-10)11(2)17-3)20-9-15-18-16(21-19-15)12-5-6-12/h4,7-8,11-12,17H,5-6,9H2,1-3H3. The van der Waals surface area contributed by atoms with E-state index in [2.05, 4.69) is 35.4 Å². The lowest BCUT2D eigenvalue weighted by Gasteiger charge is -2.16. The second-order valence-corrected chi connectivity index (χ2v) is 5.66. The molecule has 1 heterocycles. The van der Waals surface area contributed by atoms with Gasteiger partial charge >= 0.3 is 0 Å². The predicted molar refractivity (Wildman–Crippen MR) is 79.3 cm³/mol. The third kappa shape index (κ3) is 3.24. The molecule has 0 amide bonds. The van der Waals surface area contributed by atoms with Crippen LogP contribution in [0.3, 0.4) is 0 Å². The third-order valence-electron chi connectivity index (χ3n) is 3.83. The minimum absolute atomic E-state index is 0.229. The first kappa shape index (κ1) is 14.1. The summed E-state index contributed by atoms with van der Waals surface area (Å²) in [5, 5.41) is 7.22. The highest BCUT2D eigenvalue weighted by atomic mass is 16.5. The molecule has 0 aliphatic heterocycles. The monoisotopic (exact) mass is 287 g/mol. The molecule has 0 spiro atoms. The third-order valence-corrected chi connectivity index (χ3v) is 3.83. The summed E-state index contributed by atoms with van der Waals surface area (Å²) in [6.07, 6.45) is 2.31. The van der Waals surface area contributed by atoms with E-state index in [1.807, 2.05) is 19.2 Å². The number of hydrogen-bond donors (Lipinski definition) is 1. The molecule has 21 heavy (non-hydrogen) atoms. The first-order valence-corrected chi connectivity index (χ1v) is 7.40. The maximum absolute atomic E-state index is 5.89. The fourth-order valence-electron chi connectivity index (χ4n) is 2.26. The smallest absolute Gasteiger partial charge is 0.229 e. The zero-order valence-corrected chi connectivity index (χ0v) is 12.7. The van der Waals surface area contributed by atoms with Crippen molar-refractivity contribution in [1.29, 1.82) is 0 Å². The van der Waals surface area contributed by atoms with Crippen LogP contribution in [-0.4, -0.2) is 17.2 Å². The van der Waals surface area contributed by atoms with Crippen molar-refractivity contribution in [2.75, 3.05) is 7.05 Å². The van der Waals surface area contributed by atoms with E-state index in [1.54, 1.807) is 0 Å². The number of aromatic nitrogens is 2. The van der Waals surface area contributed by atoms with E-state index < -0.39 is 0 Å². The maximum atomic E-state index is 5.89. The van der Waals surface area contributed by atoms with E-state index in [1.165, 1.54) is 5.56 Å². The Morgan fingerprint density at radius 3 is 2.95 bits per heavy atom. The van der Waals surface area contributed by atoms with Crippen molar-refractivity contribution < 1.29 is 9.26 Å². The summed E-state index contributed by atoms with van der Waals surface area (Å²) < 4.78 is 11.1. The number of rotatable bonds is 6. The van der Waals surface area contributed by atoms with Crippen LogP contribution in [0.1, 0.15) is 54.6 Å². The molecule has 1 unspecified atom stereocenters. The van der Waals surface area contributed by atoms with Crippen molar-refractivity contribution in [2.45, 2.75) is 45.3 Å². The Bertz CT molecular complexity index is 620. The second-order valence-electron chi connectivity index (χ2n) is 5.66. The van der Waals surface area contributed by atoms with Gasteiger partial charge in [-0.05, 0) is 39.8 Å². The minimum Gasteiger partial charge on any atom is -0.485 e. The van der Waals surface area contributed by atoms with Crippen LogP contribution in [0.15, 0.2) is 22.7 Å². The Morgan fingerprint density at radius 1 is 1.43 bits per heavy atom. The van der Waals surface area contributed by atoms with Crippen LogP contribution in [0.5, 0.6) is 5.75 Å². The predicted octanol–water partition coefficient (Wildman–Crippen LogP) is 3.11. The molecule has 2 aromatic rings. The molecule has 3 rings (SSSR count). The Hall–Kier alpha value is -1.88. The largest absolute Gasteiger partial charge is 0.485 e. The van der Waals surface area contributed by atoms with Gasteiger partial charge in [-0.2, -0.15) is 4.98 Å². The number of nitrogens with zero attached hydrogens (tertiary/aromatic N) is 2. The minimum atomic E-state index is 0.229. The highest BCUT2D eigenvalue weighted by Gasteiger charge is 2.29. The van der Waals surface area contributed by atoms with Crippen LogP contribution in [0.4, 0.5) is 0 Å². The van der Waals surface area contributed by atoms with Crippen LogP contribution in [0.2, 0.25) is 0 Å². The van der Waals surface area contributed by atoms with E-state index >= 15 is 0 Å². The molecule has 112 valence electrons. The summed E-state index contributed by atoms with van der Waals surface area (Å²) in [6, 6.07) is 6.42. The molecule has 1 aliphatic rings. The molecule has 1 atom stereocenters. The zero-order chi connectivity index (χ0) is 14.8. The maximum Gasteiger partial charge on any atom is 0.229 e. The van der Waals surface area contributed by atoms with E-state index in [4.69, 9.17) is 9.26 Å². The highest BCUT2D eigenvalue weighted by molar-refractivity contribution is 5.39. The lowest BCUT2D eigenvalue weighted by atomic mass is 10.0. The average molecular weight is 287 g/mol. The number of hydrogen-bond acceptors (Lipinski definition) is 5. The molecule has 0 saturated heterocycles. The molecule has 0 radical (unpaired) electrons. The first-order valence-electron chi connectivity index (χ1n) is 7.40. The van der Waals surface area contributed by atoms with Gasteiger partial charge in [0.1, 0.15) is 5.75 Å². The molecule has 0 bridgehead atoms. The van der Waals surface area contributed by atoms with Gasteiger partial charge in [0, 0.05) is 17.5 Å². The summed E-state index contributed by atoms with van der Waals surface area (Å²) in [6.45, 7) is 4.53. The topological polar surface area (TPSA) is 60.2 Å². The van der Waals surface area contributed by atoms with Gasteiger partial charge in [-0.3, -0.25) is 0 Å². The molecular weight excluding hydrogens is 266 g/mol. The summed E-state index contributed by atoms with van der Waals surface area (Å²) >= 11 is 0. The number of nitrogens with one attached hydrogen (secondary N) is 1. The Kier molecular flexibility index (Phi) is 3.92. The molecule has 1 saturated carbocycles. The van der Waals surface area contributed by atoms with Crippen LogP contribution in [-0.2, 0) is 6.61 Å². The van der Waals surface area contributed by atoms with Crippen LogP contribution < -0.4 is 10.1 Å². The van der Waals surface area contributed by atoms with Crippen LogP contribution in [0.25, 0.3) is 0 Å². The lowest BCUT2D eigenvalue weighted by molar-refractivity contribution is 0.280. The first-order chi connectivity index (χ1) is 10.2. The van der Waals surface area contributed by atoms with Crippen LogP contribution >= 0.6 is 0 Å². The van der Waals surface area contributed by atoms with Crippen molar-refractivity contribution in [3.8, 4) is 5.75 Å². The molecule has 1 aliphatic carbocycles. The van der Waals surface area contributed by atoms with E-state index in [-0.39, 0.29) is 6.04 Å². The fraction of sp³-hybridized carbons (Fsp3) is 0.500. The molecule has 5 heteroatoms. The van der Waals surface area contributed by atoms with Crippen molar-refractivity contribution in [3.63, 3.8) is 0 Å². The molecule has 1 aromatic heterocycles. The van der Waals surface area contributed by atoms with Gasteiger partial charge in [-0.1, -0.05) is 22.9 Å². The molecular formula is C16H21N3O2. The van der Waals surface area contributed by atoms with Gasteiger partial charge < -0.3 is 14.6 Å². The van der Waals surface area contributed by atoms with Crippen molar-refractivity contribution in [2.24, 2.45) is 0 Å². The van der Waals surface area contributed by atoms with Crippen molar-refractivity contribution in [1.82, 2.24) is 15.5 Å². The van der Waals surface area contributed by atoms with Gasteiger partial charge in [0.15, 0.2) is 6.61 Å². The zero-order valence-electron chi connectivity index (χ0n) is 12.7. The Morgan fingerprint density at radius 2 is 2.24 bits per heavy atom. The van der Waals surface area contributed by atoms with Gasteiger partial charge in [-0.25, -0.2) is 0 Å². The molecule has 1 fully saturated rings. The van der Waals surface area contributed by atoms with Gasteiger partial charge in [0.05, 0.1) is 0 Å². The van der Waals surface area contributed by atoms with Gasteiger partial charge in [0.25, 0.3) is 0 Å². The normalized spacial score (nSPS) is 16.0. The fourth-order valence-corrected chi connectivity index (χ4v) is 2.26. The van der Waals surface area contributed by atoms with Crippen molar-refractivity contribution in [3.05, 3.63) is 41.0 Å². The summed E-state index contributed by atoms with van der Waals surface area (Å²) in [4.78, 5) is 4.38. The van der Waals surface area contributed by atoms with E-state index in [0.29, 0.717) is 18.3 Å².